The molecule has 1 amide bonds. The molecular weight excluding hydrogens is 356 g/mol. The lowest BCUT2D eigenvalue weighted by Gasteiger charge is -2.29. The van der Waals surface area contributed by atoms with Crippen LogP contribution in [0.25, 0.3) is 11.3 Å². The van der Waals surface area contributed by atoms with Crippen LogP contribution in [0.3, 0.4) is 0 Å². The second-order valence-corrected chi connectivity index (χ2v) is 6.64. The number of nitrogens with two attached hydrogens (primary N) is 1. The molecule has 0 spiro atoms. The Labute approximate surface area is 162 Å². The van der Waals surface area contributed by atoms with Crippen LogP contribution >= 0.6 is 0 Å². The van der Waals surface area contributed by atoms with Gasteiger partial charge in [0.2, 0.25) is 0 Å². The number of aryl methyl sites for hydroxylation is 1. The maximum atomic E-state index is 12.6. The van der Waals surface area contributed by atoms with E-state index in [2.05, 4.69) is 32.4 Å². The Kier molecular flexibility index (Phi) is 4.94. The van der Waals surface area contributed by atoms with Crippen molar-refractivity contribution in [2.75, 3.05) is 42.3 Å². The normalized spacial score (nSPS) is 14.1. The van der Waals surface area contributed by atoms with E-state index in [9.17, 15) is 4.79 Å². The van der Waals surface area contributed by atoms with E-state index in [1.165, 1.54) is 0 Å². The van der Waals surface area contributed by atoms with Crippen LogP contribution in [-0.2, 0) is 11.8 Å². The summed E-state index contributed by atoms with van der Waals surface area (Å²) in [5.41, 5.74) is 9.86. The van der Waals surface area contributed by atoms with Crippen LogP contribution < -0.4 is 16.0 Å². The SMILES string of the molecule is Cn1cc(NC(=O)c2nc(-c3cccc(N4CCOCC4)c3)ccc2N)cn1. The third-order valence-corrected chi connectivity index (χ3v) is 4.62. The zero-order chi connectivity index (χ0) is 19.5. The molecule has 0 bridgehead atoms. The Morgan fingerprint density at radius 1 is 1.21 bits per heavy atom. The van der Waals surface area contributed by atoms with Gasteiger partial charge < -0.3 is 20.7 Å². The van der Waals surface area contributed by atoms with Crippen molar-refractivity contribution < 1.29 is 9.53 Å². The van der Waals surface area contributed by atoms with Crippen molar-refractivity contribution in [1.82, 2.24) is 14.8 Å². The topological polar surface area (TPSA) is 98.3 Å². The monoisotopic (exact) mass is 378 g/mol. The van der Waals surface area contributed by atoms with Gasteiger partial charge >= 0.3 is 0 Å². The zero-order valence-corrected chi connectivity index (χ0v) is 15.6. The minimum Gasteiger partial charge on any atom is -0.397 e. The quantitative estimate of drug-likeness (QED) is 0.722. The molecule has 3 N–H and O–H groups in total. The van der Waals surface area contributed by atoms with Crippen LogP contribution in [0.15, 0.2) is 48.8 Å². The molecule has 28 heavy (non-hydrogen) atoms. The summed E-state index contributed by atoms with van der Waals surface area (Å²) in [6, 6.07) is 11.7. The number of morpholine rings is 1. The van der Waals surface area contributed by atoms with E-state index in [0.717, 1.165) is 37.6 Å². The van der Waals surface area contributed by atoms with Gasteiger partial charge in [0, 0.05) is 37.6 Å². The standard InChI is InChI=1S/C20H22N6O2/c1-25-13-15(12-22-25)23-20(27)19-17(21)5-6-18(24-19)14-3-2-4-16(11-14)26-7-9-28-10-8-26/h2-6,11-13H,7-10,21H2,1H3,(H,23,27). The molecule has 0 unspecified atom stereocenters. The van der Waals surface area contributed by atoms with E-state index in [0.29, 0.717) is 17.1 Å². The fourth-order valence-electron chi connectivity index (χ4n) is 3.17. The van der Waals surface area contributed by atoms with Gasteiger partial charge in [0.05, 0.1) is 36.5 Å². The highest BCUT2D eigenvalue weighted by Crippen LogP contribution is 2.26. The summed E-state index contributed by atoms with van der Waals surface area (Å²) in [7, 11) is 1.78. The van der Waals surface area contributed by atoms with Gasteiger partial charge in [-0.15, -0.1) is 0 Å². The molecule has 8 heteroatoms. The lowest BCUT2D eigenvalue weighted by Crippen LogP contribution is -2.36. The van der Waals surface area contributed by atoms with Gasteiger partial charge in [-0.3, -0.25) is 9.48 Å². The molecule has 1 aromatic carbocycles. The summed E-state index contributed by atoms with van der Waals surface area (Å²) in [6.07, 6.45) is 3.29. The number of ether oxygens (including phenoxy) is 1. The Hall–Kier alpha value is -3.39. The number of aromatic nitrogens is 3. The largest absolute Gasteiger partial charge is 0.397 e. The molecule has 1 fully saturated rings. The Morgan fingerprint density at radius 3 is 2.79 bits per heavy atom. The molecule has 0 aliphatic carbocycles. The minimum absolute atomic E-state index is 0.193. The fraction of sp³-hybridized carbons (Fsp3) is 0.250. The van der Waals surface area contributed by atoms with Crippen LogP contribution in [0, 0.1) is 0 Å². The number of rotatable bonds is 4. The van der Waals surface area contributed by atoms with E-state index >= 15 is 0 Å². The zero-order valence-electron chi connectivity index (χ0n) is 15.6. The molecule has 1 aliphatic rings. The molecule has 1 aliphatic heterocycles. The molecule has 8 nitrogen and oxygen atoms in total. The number of amides is 1. The lowest BCUT2D eigenvalue weighted by molar-refractivity contribution is 0.102. The van der Waals surface area contributed by atoms with Crippen LogP contribution in [0.1, 0.15) is 10.5 Å². The number of nitrogens with one attached hydrogen (secondary N) is 1. The van der Waals surface area contributed by atoms with E-state index in [-0.39, 0.29) is 11.6 Å². The Balaban J connectivity index is 1.60. The van der Waals surface area contributed by atoms with Crippen LogP contribution in [-0.4, -0.2) is 47.0 Å². The number of carbonyl (C=O) groups excluding carboxylic acids is 1. The van der Waals surface area contributed by atoms with Crippen molar-refractivity contribution in [3.05, 3.63) is 54.5 Å². The molecule has 3 heterocycles. The van der Waals surface area contributed by atoms with Crippen molar-refractivity contribution in [3.8, 4) is 11.3 Å². The number of nitrogens with zero attached hydrogens (tertiary/aromatic N) is 4. The Bertz CT molecular complexity index is 994. The number of nitrogen functional groups attached to an aromatic ring is 1. The van der Waals surface area contributed by atoms with Crippen LogP contribution in [0.4, 0.5) is 17.1 Å². The molecule has 1 saturated heterocycles. The van der Waals surface area contributed by atoms with Crippen molar-refractivity contribution in [1.29, 1.82) is 0 Å². The van der Waals surface area contributed by atoms with Gasteiger partial charge in [-0.05, 0) is 24.3 Å². The third kappa shape index (κ3) is 3.81. The summed E-state index contributed by atoms with van der Waals surface area (Å²) in [5.74, 6) is -0.364. The number of hydrogen-bond donors (Lipinski definition) is 2. The van der Waals surface area contributed by atoms with Crippen LogP contribution in [0.5, 0.6) is 0 Å². The molecular formula is C20H22N6O2. The van der Waals surface area contributed by atoms with Crippen molar-refractivity contribution >= 4 is 23.0 Å². The number of pyridine rings is 1. The van der Waals surface area contributed by atoms with Crippen molar-refractivity contribution in [3.63, 3.8) is 0 Å². The predicted octanol–water partition coefficient (Wildman–Crippen LogP) is 2.15. The maximum Gasteiger partial charge on any atom is 0.276 e. The third-order valence-electron chi connectivity index (χ3n) is 4.62. The van der Waals surface area contributed by atoms with Crippen molar-refractivity contribution in [2.45, 2.75) is 0 Å². The van der Waals surface area contributed by atoms with Gasteiger partial charge in [0.25, 0.3) is 5.91 Å². The summed E-state index contributed by atoms with van der Waals surface area (Å²) in [5, 5.41) is 6.82. The van der Waals surface area contributed by atoms with E-state index in [4.69, 9.17) is 10.5 Å². The maximum absolute atomic E-state index is 12.6. The first-order valence-electron chi connectivity index (χ1n) is 9.10. The molecule has 4 rings (SSSR count). The summed E-state index contributed by atoms with van der Waals surface area (Å²) >= 11 is 0. The highest BCUT2D eigenvalue weighted by atomic mass is 16.5. The molecule has 0 saturated carbocycles. The number of benzene rings is 1. The molecule has 0 radical (unpaired) electrons. The fourth-order valence-corrected chi connectivity index (χ4v) is 3.17. The average molecular weight is 378 g/mol. The summed E-state index contributed by atoms with van der Waals surface area (Å²) in [4.78, 5) is 19.4. The highest BCUT2D eigenvalue weighted by Gasteiger charge is 2.16. The number of carbonyl (C=O) groups is 1. The summed E-state index contributed by atoms with van der Waals surface area (Å²) in [6.45, 7) is 3.17. The smallest absolute Gasteiger partial charge is 0.276 e. The first-order chi connectivity index (χ1) is 13.6. The van der Waals surface area contributed by atoms with Crippen LogP contribution in [0.2, 0.25) is 0 Å². The van der Waals surface area contributed by atoms with E-state index in [1.807, 2.05) is 18.2 Å². The molecule has 3 aromatic rings. The lowest BCUT2D eigenvalue weighted by atomic mass is 10.1. The van der Waals surface area contributed by atoms with Gasteiger partial charge in [-0.2, -0.15) is 5.10 Å². The van der Waals surface area contributed by atoms with Gasteiger partial charge in [-0.25, -0.2) is 4.98 Å². The predicted molar refractivity (Wildman–Crippen MR) is 108 cm³/mol. The van der Waals surface area contributed by atoms with E-state index < -0.39 is 0 Å². The second-order valence-electron chi connectivity index (χ2n) is 6.64. The first-order valence-corrected chi connectivity index (χ1v) is 9.10. The highest BCUT2D eigenvalue weighted by molar-refractivity contribution is 6.06. The van der Waals surface area contributed by atoms with Gasteiger partial charge in [-0.1, -0.05) is 12.1 Å². The number of hydrogen-bond acceptors (Lipinski definition) is 6. The minimum atomic E-state index is -0.364. The average Bonchev–Trinajstić information content (AvgIpc) is 3.13. The molecule has 144 valence electrons. The number of anilines is 3. The van der Waals surface area contributed by atoms with Crippen molar-refractivity contribution in [2.24, 2.45) is 7.05 Å². The Morgan fingerprint density at radius 2 is 2.04 bits per heavy atom. The molecule has 2 aromatic heterocycles. The summed E-state index contributed by atoms with van der Waals surface area (Å²) < 4.78 is 7.03. The molecule has 0 atom stereocenters. The second kappa shape index (κ2) is 7.69. The van der Waals surface area contributed by atoms with E-state index in [1.54, 1.807) is 30.2 Å². The van der Waals surface area contributed by atoms with Gasteiger partial charge in [0.1, 0.15) is 0 Å². The first kappa shape index (κ1) is 18.0. The van der Waals surface area contributed by atoms with Gasteiger partial charge in [0.15, 0.2) is 5.69 Å².